The highest BCUT2D eigenvalue weighted by Gasteiger charge is 2.13. The molecule has 0 radical (unpaired) electrons. The Balaban J connectivity index is 2.96. The molecule has 0 spiro atoms. The molecule has 0 aliphatic rings. The number of aliphatic hydroxyl groups excluding tert-OH is 1. The summed E-state index contributed by atoms with van der Waals surface area (Å²) in [6.07, 6.45) is 2.84. The summed E-state index contributed by atoms with van der Waals surface area (Å²) < 4.78 is 5.53. The first-order valence-electron chi connectivity index (χ1n) is 7.73. The second kappa shape index (κ2) is 10.1. The summed E-state index contributed by atoms with van der Waals surface area (Å²) in [6, 6.07) is 0.333. The largest absolute Gasteiger partial charge is 0.463 e. The molecule has 0 atom stereocenters. The van der Waals surface area contributed by atoms with Gasteiger partial charge in [0.25, 0.3) is 0 Å². The predicted octanol–water partition coefficient (Wildman–Crippen LogP) is 1.69. The first-order chi connectivity index (χ1) is 10.2. The standard InChI is InChI=1S/C14H27N5O2/c1-4-7-15-12-16-13(19(8-5-2)9-10-20)18-14(17-12)21-11-6-3/h20H,4-11H2,1-3H3,(H,15,16,17,18). The summed E-state index contributed by atoms with van der Waals surface area (Å²) in [5.74, 6) is 1.07. The Bertz CT molecular complexity index is 371. The summed E-state index contributed by atoms with van der Waals surface area (Å²) in [7, 11) is 0. The monoisotopic (exact) mass is 297 g/mol. The van der Waals surface area contributed by atoms with Crippen molar-refractivity contribution in [2.45, 2.75) is 40.0 Å². The van der Waals surface area contributed by atoms with Crippen molar-refractivity contribution in [1.82, 2.24) is 15.0 Å². The average molecular weight is 297 g/mol. The van der Waals surface area contributed by atoms with Gasteiger partial charge in [-0.15, -0.1) is 0 Å². The van der Waals surface area contributed by atoms with Crippen LogP contribution in [0.1, 0.15) is 40.0 Å². The SMILES string of the molecule is CCCNc1nc(OCCC)nc(N(CCC)CCO)n1. The number of aliphatic hydroxyl groups is 1. The zero-order chi connectivity index (χ0) is 15.5. The van der Waals surface area contributed by atoms with Crippen LogP contribution >= 0.6 is 0 Å². The van der Waals surface area contributed by atoms with Crippen LogP contribution in [0.5, 0.6) is 6.01 Å². The summed E-state index contributed by atoms with van der Waals surface area (Å²) >= 11 is 0. The van der Waals surface area contributed by atoms with E-state index >= 15 is 0 Å². The lowest BCUT2D eigenvalue weighted by Crippen LogP contribution is -2.30. The van der Waals surface area contributed by atoms with Gasteiger partial charge in [0, 0.05) is 19.6 Å². The highest BCUT2D eigenvalue weighted by atomic mass is 16.5. The highest BCUT2D eigenvalue weighted by Crippen LogP contribution is 2.15. The number of hydrogen-bond donors (Lipinski definition) is 2. The maximum Gasteiger partial charge on any atom is 0.323 e. The molecule has 120 valence electrons. The van der Waals surface area contributed by atoms with E-state index in [0.717, 1.165) is 32.4 Å². The quantitative estimate of drug-likeness (QED) is 0.643. The fraction of sp³-hybridized carbons (Fsp3) is 0.786. The third-order valence-corrected chi connectivity index (χ3v) is 2.72. The van der Waals surface area contributed by atoms with E-state index in [1.807, 2.05) is 11.8 Å². The normalized spacial score (nSPS) is 10.5. The Morgan fingerprint density at radius 3 is 2.48 bits per heavy atom. The fourth-order valence-electron chi connectivity index (χ4n) is 1.76. The van der Waals surface area contributed by atoms with Crippen LogP contribution in [0.2, 0.25) is 0 Å². The lowest BCUT2D eigenvalue weighted by molar-refractivity contribution is 0.289. The van der Waals surface area contributed by atoms with Gasteiger partial charge in [0.05, 0.1) is 13.2 Å². The van der Waals surface area contributed by atoms with Crippen LogP contribution in [-0.4, -0.2) is 52.9 Å². The number of aromatic nitrogens is 3. The Kier molecular flexibility index (Phi) is 8.42. The molecule has 0 saturated carbocycles. The molecule has 0 fully saturated rings. The van der Waals surface area contributed by atoms with E-state index in [1.54, 1.807) is 0 Å². The smallest absolute Gasteiger partial charge is 0.323 e. The summed E-state index contributed by atoms with van der Waals surface area (Å²) in [5, 5.41) is 12.3. The number of hydrogen-bond acceptors (Lipinski definition) is 7. The third kappa shape index (κ3) is 6.12. The molecule has 7 heteroatoms. The van der Waals surface area contributed by atoms with Crippen LogP contribution in [0.25, 0.3) is 0 Å². The Labute approximate surface area is 126 Å². The van der Waals surface area contributed by atoms with E-state index in [1.165, 1.54) is 0 Å². The lowest BCUT2D eigenvalue weighted by Gasteiger charge is -2.21. The zero-order valence-electron chi connectivity index (χ0n) is 13.3. The second-order valence-corrected chi connectivity index (χ2v) is 4.73. The van der Waals surface area contributed by atoms with Crippen molar-refractivity contribution < 1.29 is 9.84 Å². The van der Waals surface area contributed by atoms with Gasteiger partial charge in [-0.25, -0.2) is 0 Å². The topological polar surface area (TPSA) is 83.4 Å². The van der Waals surface area contributed by atoms with E-state index in [0.29, 0.717) is 31.1 Å². The number of ether oxygens (including phenoxy) is 1. The van der Waals surface area contributed by atoms with Gasteiger partial charge in [-0.3, -0.25) is 0 Å². The zero-order valence-corrected chi connectivity index (χ0v) is 13.3. The molecule has 1 aromatic heterocycles. The van der Waals surface area contributed by atoms with Crippen LogP contribution in [0, 0.1) is 0 Å². The van der Waals surface area contributed by atoms with Crippen LogP contribution < -0.4 is 15.0 Å². The number of nitrogens with one attached hydrogen (secondary N) is 1. The van der Waals surface area contributed by atoms with Gasteiger partial charge in [0.2, 0.25) is 11.9 Å². The van der Waals surface area contributed by atoms with E-state index in [2.05, 4.69) is 34.1 Å². The molecule has 1 rings (SSSR count). The van der Waals surface area contributed by atoms with Crippen molar-refractivity contribution in [2.75, 3.05) is 43.1 Å². The van der Waals surface area contributed by atoms with Crippen LogP contribution in [0.4, 0.5) is 11.9 Å². The number of rotatable bonds is 11. The lowest BCUT2D eigenvalue weighted by atomic mass is 10.4. The molecular formula is C14H27N5O2. The molecule has 0 aromatic carbocycles. The molecule has 2 N–H and O–H groups in total. The maximum atomic E-state index is 9.19. The van der Waals surface area contributed by atoms with Gasteiger partial charge >= 0.3 is 6.01 Å². The minimum atomic E-state index is 0.0640. The molecule has 0 aliphatic carbocycles. The molecule has 21 heavy (non-hydrogen) atoms. The minimum Gasteiger partial charge on any atom is -0.463 e. The fourth-order valence-corrected chi connectivity index (χ4v) is 1.76. The molecule has 0 saturated heterocycles. The predicted molar refractivity (Wildman–Crippen MR) is 84.0 cm³/mol. The van der Waals surface area contributed by atoms with Crippen molar-refractivity contribution in [3.05, 3.63) is 0 Å². The van der Waals surface area contributed by atoms with Gasteiger partial charge in [-0.1, -0.05) is 20.8 Å². The minimum absolute atomic E-state index is 0.0640. The van der Waals surface area contributed by atoms with Crippen LogP contribution in [0.3, 0.4) is 0 Å². The Morgan fingerprint density at radius 1 is 1.05 bits per heavy atom. The van der Waals surface area contributed by atoms with Crippen LogP contribution in [0.15, 0.2) is 0 Å². The van der Waals surface area contributed by atoms with Crippen molar-refractivity contribution in [3.63, 3.8) is 0 Å². The first-order valence-corrected chi connectivity index (χ1v) is 7.73. The number of anilines is 2. The van der Waals surface area contributed by atoms with Crippen molar-refractivity contribution in [1.29, 1.82) is 0 Å². The second-order valence-electron chi connectivity index (χ2n) is 4.73. The molecule has 0 unspecified atom stereocenters. The molecule has 0 amide bonds. The Hall–Kier alpha value is -1.63. The van der Waals surface area contributed by atoms with Gasteiger partial charge in [-0.2, -0.15) is 15.0 Å². The summed E-state index contributed by atoms with van der Waals surface area (Å²) in [6.45, 7) is 8.91. The van der Waals surface area contributed by atoms with E-state index in [-0.39, 0.29) is 6.61 Å². The molecule has 0 bridgehead atoms. The number of nitrogens with zero attached hydrogens (tertiary/aromatic N) is 4. The van der Waals surface area contributed by atoms with Gasteiger partial charge in [0.15, 0.2) is 0 Å². The van der Waals surface area contributed by atoms with Gasteiger partial charge in [-0.05, 0) is 19.3 Å². The maximum absolute atomic E-state index is 9.19. The Morgan fingerprint density at radius 2 is 1.86 bits per heavy atom. The molecule has 0 aliphatic heterocycles. The average Bonchev–Trinajstić information content (AvgIpc) is 2.50. The third-order valence-electron chi connectivity index (χ3n) is 2.72. The van der Waals surface area contributed by atoms with Gasteiger partial charge in [0.1, 0.15) is 0 Å². The van der Waals surface area contributed by atoms with E-state index < -0.39 is 0 Å². The summed E-state index contributed by atoms with van der Waals surface area (Å²) in [4.78, 5) is 15.0. The van der Waals surface area contributed by atoms with Crippen LogP contribution in [-0.2, 0) is 0 Å². The van der Waals surface area contributed by atoms with E-state index in [4.69, 9.17) is 4.74 Å². The first kappa shape index (κ1) is 17.4. The van der Waals surface area contributed by atoms with E-state index in [9.17, 15) is 5.11 Å². The summed E-state index contributed by atoms with van der Waals surface area (Å²) in [5.41, 5.74) is 0. The molecule has 7 nitrogen and oxygen atoms in total. The molecular weight excluding hydrogens is 270 g/mol. The molecule has 1 aromatic rings. The van der Waals surface area contributed by atoms with Crippen molar-refractivity contribution in [2.24, 2.45) is 0 Å². The molecule has 1 heterocycles. The highest BCUT2D eigenvalue weighted by molar-refractivity contribution is 5.38. The van der Waals surface area contributed by atoms with Gasteiger partial charge < -0.3 is 20.1 Å². The van der Waals surface area contributed by atoms with Crippen molar-refractivity contribution >= 4 is 11.9 Å². The van der Waals surface area contributed by atoms with Crippen molar-refractivity contribution in [3.8, 4) is 6.01 Å².